The van der Waals surface area contributed by atoms with Crippen LogP contribution in [0.25, 0.3) is 21.3 Å². The van der Waals surface area contributed by atoms with Gasteiger partial charge >= 0.3 is 0 Å². The van der Waals surface area contributed by atoms with Crippen LogP contribution in [0.3, 0.4) is 0 Å². The largest absolute Gasteiger partial charge is 0.352 e. The highest BCUT2D eigenvalue weighted by molar-refractivity contribution is 7.18. The van der Waals surface area contributed by atoms with Gasteiger partial charge in [-0.25, -0.2) is 9.37 Å². The standard InChI is InChI=1S/C29H27FN4O3S/c30-23-15-24-25(38-29(34-24)16-27(36)31-17-28(37)33-21-11-12-21)14-22(23)19-7-9-20(10-8-19)32-26(35)13-6-18-4-2-1-3-5-18/h1-5,7-10,14-15,21H,6,11-13,16-17H2,(H,31,36)(H,32,35)(H,33,37). The Balaban J connectivity index is 1.19. The summed E-state index contributed by atoms with van der Waals surface area (Å²) in [5.41, 5.74) is 3.31. The van der Waals surface area contributed by atoms with Gasteiger partial charge in [-0.15, -0.1) is 11.3 Å². The number of aromatic nitrogens is 1. The summed E-state index contributed by atoms with van der Waals surface area (Å²) in [6, 6.07) is 20.2. The Kier molecular flexibility index (Phi) is 7.74. The van der Waals surface area contributed by atoms with E-state index in [1.807, 2.05) is 30.3 Å². The predicted octanol–water partition coefficient (Wildman–Crippen LogP) is 4.61. The normalized spacial score (nSPS) is 12.8. The Hall–Kier alpha value is -4.11. The van der Waals surface area contributed by atoms with Crippen molar-refractivity contribution in [3.8, 4) is 11.1 Å². The first-order valence-electron chi connectivity index (χ1n) is 12.5. The topological polar surface area (TPSA) is 100 Å². The van der Waals surface area contributed by atoms with Crippen LogP contribution in [0.1, 0.15) is 29.8 Å². The number of hydrogen-bond donors (Lipinski definition) is 3. The maximum absolute atomic E-state index is 14.9. The summed E-state index contributed by atoms with van der Waals surface area (Å²) in [6.45, 7) is -0.0670. The van der Waals surface area contributed by atoms with Gasteiger partial charge in [-0.05, 0) is 48.6 Å². The molecule has 0 atom stereocenters. The molecule has 1 saturated carbocycles. The Morgan fingerprint density at radius 3 is 2.45 bits per heavy atom. The van der Waals surface area contributed by atoms with Crippen LogP contribution in [-0.2, 0) is 27.2 Å². The lowest BCUT2D eigenvalue weighted by atomic mass is 10.0. The fourth-order valence-corrected chi connectivity index (χ4v) is 5.02. The third-order valence-electron chi connectivity index (χ3n) is 6.19. The third kappa shape index (κ3) is 6.80. The molecule has 7 nitrogen and oxygen atoms in total. The van der Waals surface area contributed by atoms with Crippen LogP contribution >= 0.6 is 11.3 Å². The Labute approximate surface area is 223 Å². The van der Waals surface area contributed by atoms with E-state index in [1.54, 1.807) is 30.3 Å². The minimum Gasteiger partial charge on any atom is -0.352 e. The van der Waals surface area contributed by atoms with Gasteiger partial charge < -0.3 is 16.0 Å². The molecule has 1 fully saturated rings. The second-order valence-electron chi connectivity index (χ2n) is 9.31. The summed E-state index contributed by atoms with van der Waals surface area (Å²) >= 11 is 1.32. The van der Waals surface area contributed by atoms with Crippen molar-refractivity contribution in [3.63, 3.8) is 0 Å². The zero-order chi connectivity index (χ0) is 26.5. The molecule has 0 radical (unpaired) electrons. The number of aryl methyl sites for hydroxylation is 1. The number of nitrogens with one attached hydrogen (secondary N) is 3. The molecule has 194 valence electrons. The van der Waals surface area contributed by atoms with E-state index in [-0.39, 0.29) is 36.7 Å². The maximum atomic E-state index is 14.9. The SMILES string of the molecule is O=C(Cc1nc2cc(F)c(-c3ccc(NC(=O)CCc4ccccc4)cc3)cc2s1)NCC(=O)NC1CC1. The highest BCUT2D eigenvalue weighted by atomic mass is 32.1. The maximum Gasteiger partial charge on any atom is 0.239 e. The average Bonchev–Trinajstić information content (AvgIpc) is 3.64. The lowest BCUT2D eigenvalue weighted by Crippen LogP contribution is -2.38. The second-order valence-corrected chi connectivity index (χ2v) is 10.4. The number of fused-ring (bicyclic) bond motifs is 1. The van der Waals surface area contributed by atoms with Crippen molar-refractivity contribution in [2.45, 2.75) is 38.1 Å². The number of nitrogens with zero attached hydrogens (tertiary/aromatic N) is 1. The molecule has 5 rings (SSSR count). The number of carbonyl (C=O) groups is 3. The Morgan fingerprint density at radius 1 is 0.947 bits per heavy atom. The van der Waals surface area contributed by atoms with E-state index in [1.165, 1.54) is 17.4 Å². The molecule has 0 unspecified atom stereocenters. The summed E-state index contributed by atoms with van der Waals surface area (Å²) in [4.78, 5) is 40.7. The van der Waals surface area contributed by atoms with Gasteiger partial charge in [0.05, 0.1) is 23.2 Å². The molecule has 9 heteroatoms. The van der Waals surface area contributed by atoms with Crippen LogP contribution in [0.5, 0.6) is 0 Å². The van der Waals surface area contributed by atoms with E-state index in [4.69, 9.17) is 0 Å². The lowest BCUT2D eigenvalue weighted by Gasteiger charge is -2.08. The zero-order valence-electron chi connectivity index (χ0n) is 20.6. The first kappa shape index (κ1) is 25.5. The molecular formula is C29H27FN4O3S. The highest BCUT2D eigenvalue weighted by Gasteiger charge is 2.23. The van der Waals surface area contributed by atoms with Crippen LogP contribution < -0.4 is 16.0 Å². The van der Waals surface area contributed by atoms with Crippen LogP contribution in [0.2, 0.25) is 0 Å². The molecule has 0 spiro atoms. The number of amides is 3. The van der Waals surface area contributed by atoms with Gasteiger partial charge in [0.15, 0.2) is 0 Å². The molecule has 4 aromatic rings. The quantitative estimate of drug-likeness (QED) is 0.279. The van der Waals surface area contributed by atoms with Gasteiger partial charge in [0.25, 0.3) is 0 Å². The predicted molar refractivity (Wildman–Crippen MR) is 146 cm³/mol. The van der Waals surface area contributed by atoms with E-state index in [0.717, 1.165) is 23.1 Å². The number of thiazole rings is 1. The van der Waals surface area contributed by atoms with Crippen molar-refractivity contribution in [1.82, 2.24) is 15.6 Å². The molecule has 3 N–H and O–H groups in total. The Morgan fingerprint density at radius 2 is 1.71 bits per heavy atom. The highest BCUT2D eigenvalue weighted by Crippen LogP contribution is 2.31. The minimum atomic E-state index is -0.421. The summed E-state index contributed by atoms with van der Waals surface area (Å²) < 4.78 is 15.7. The van der Waals surface area contributed by atoms with Crippen molar-refractivity contribution < 1.29 is 18.8 Å². The molecule has 0 aliphatic heterocycles. The summed E-state index contributed by atoms with van der Waals surface area (Å²) in [5, 5.41) is 8.85. The number of carbonyl (C=O) groups excluding carboxylic acids is 3. The second kappa shape index (κ2) is 11.5. The number of halogens is 1. The zero-order valence-corrected chi connectivity index (χ0v) is 21.4. The molecule has 0 saturated heterocycles. The molecule has 1 aliphatic rings. The fourth-order valence-electron chi connectivity index (χ4n) is 4.04. The van der Waals surface area contributed by atoms with E-state index >= 15 is 0 Å². The average molecular weight is 531 g/mol. The smallest absolute Gasteiger partial charge is 0.239 e. The monoisotopic (exact) mass is 530 g/mol. The molecule has 1 aromatic heterocycles. The molecule has 3 aromatic carbocycles. The number of anilines is 1. The summed E-state index contributed by atoms with van der Waals surface area (Å²) in [6.07, 6.45) is 3.02. The molecular weight excluding hydrogens is 503 g/mol. The van der Waals surface area contributed by atoms with Gasteiger partial charge in [-0.2, -0.15) is 0 Å². The van der Waals surface area contributed by atoms with Crippen LogP contribution in [0, 0.1) is 5.82 Å². The number of benzene rings is 3. The lowest BCUT2D eigenvalue weighted by molar-refractivity contribution is -0.125. The third-order valence-corrected chi connectivity index (χ3v) is 7.20. The molecule has 0 bridgehead atoms. The van der Waals surface area contributed by atoms with Crippen molar-refractivity contribution in [2.75, 3.05) is 11.9 Å². The van der Waals surface area contributed by atoms with Gasteiger partial charge in [0, 0.05) is 29.8 Å². The van der Waals surface area contributed by atoms with E-state index < -0.39 is 5.82 Å². The Bertz CT molecular complexity index is 1470. The molecule has 3 amide bonds. The molecule has 1 aliphatic carbocycles. The van der Waals surface area contributed by atoms with Crippen LogP contribution in [0.15, 0.2) is 66.7 Å². The van der Waals surface area contributed by atoms with E-state index in [0.29, 0.717) is 40.2 Å². The van der Waals surface area contributed by atoms with Gasteiger partial charge in [-0.1, -0.05) is 42.5 Å². The number of rotatable bonds is 10. The van der Waals surface area contributed by atoms with Crippen LogP contribution in [0.4, 0.5) is 10.1 Å². The summed E-state index contributed by atoms with van der Waals surface area (Å²) in [5.74, 6) is -1.01. The van der Waals surface area contributed by atoms with Crippen molar-refractivity contribution in [1.29, 1.82) is 0 Å². The fraction of sp³-hybridized carbons (Fsp3) is 0.241. The van der Waals surface area contributed by atoms with E-state index in [2.05, 4.69) is 20.9 Å². The van der Waals surface area contributed by atoms with E-state index in [9.17, 15) is 18.8 Å². The molecule has 1 heterocycles. The summed E-state index contributed by atoms with van der Waals surface area (Å²) in [7, 11) is 0. The first-order valence-corrected chi connectivity index (χ1v) is 13.3. The minimum absolute atomic E-state index is 0.0195. The van der Waals surface area contributed by atoms with Crippen molar-refractivity contribution in [3.05, 3.63) is 83.1 Å². The molecule has 38 heavy (non-hydrogen) atoms. The van der Waals surface area contributed by atoms with Gasteiger partial charge in [0.2, 0.25) is 17.7 Å². The first-order chi connectivity index (χ1) is 18.4. The number of hydrogen-bond acceptors (Lipinski definition) is 5. The van der Waals surface area contributed by atoms with Crippen molar-refractivity contribution in [2.24, 2.45) is 0 Å². The van der Waals surface area contributed by atoms with Crippen LogP contribution in [-0.4, -0.2) is 35.3 Å². The van der Waals surface area contributed by atoms with Crippen molar-refractivity contribution >= 4 is 45.0 Å². The van der Waals surface area contributed by atoms with Gasteiger partial charge in [-0.3, -0.25) is 14.4 Å². The van der Waals surface area contributed by atoms with Gasteiger partial charge in [0.1, 0.15) is 10.8 Å².